The average Bonchev–Trinajstić information content (AvgIpc) is 2.32. The number of rotatable bonds is 3. The highest BCUT2D eigenvalue weighted by Gasteiger charge is 2.18. The Hall–Kier alpha value is -0.330. The average molecular weight is 268 g/mol. The lowest BCUT2D eigenvalue weighted by atomic mass is 10.4. The fourth-order valence-electron chi connectivity index (χ4n) is 0.811. The summed E-state index contributed by atoms with van der Waals surface area (Å²) in [6.07, 6.45) is 0. The number of hydrogen-bond acceptors (Lipinski definition) is 3. The molecule has 0 radical (unpaired) electrons. The first-order valence-electron chi connectivity index (χ1n) is 3.69. The van der Waals surface area contributed by atoms with Gasteiger partial charge in [0.05, 0.1) is 0 Å². The van der Waals surface area contributed by atoms with E-state index in [1.165, 1.54) is 12.1 Å². The molecule has 0 fully saturated rings. The first kappa shape index (κ1) is 10.7. The molecule has 0 amide bonds. The zero-order chi connectivity index (χ0) is 10.1. The number of furan rings is 1. The molecular formula is C7H10BrNO3S. The molecule has 0 saturated heterocycles. The summed E-state index contributed by atoms with van der Waals surface area (Å²) in [5.74, 6) is 0. The fraction of sp³-hybridized carbons (Fsp3) is 0.429. The van der Waals surface area contributed by atoms with Gasteiger partial charge in [0.15, 0.2) is 4.67 Å². The van der Waals surface area contributed by atoms with Gasteiger partial charge in [-0.2, -0.15) is 0 Å². The lowest BCUT2D eigenvalue weighted by Crippen LogP contribution is -2.29. The van der Waals surface area contributed by atoms with Crippen molar-refractivity contribution >= 4 is 26.0 Å². The molecule has 1 N–H and O–H groups in total. The maximum Gasteiger partial charge on any atom is 0.274 e. The second kappa shape index (κ2) is 3.81. The number of sulfonamides is 1. The summed E-state index contributed by atoms with van der Waals surface area (Å²) >= 11 is 3.03. The fourth-order valence-corrected chi connectivity index (χ4v) is 2.41. The molecule has 0 atom stereocenters. The van der Waals surface area contributed by atoms with Crippen LogP contribution in [0.2, 0.25) is 0 Å². The van der Waals surface area contributed by atoms with E-state index in [4.69, 9.17) is 4.42 Å². The molecular weight excluding hydrogens is 258 g/mol. The first-order chi connectivity index (χ1) is 5.92. The minimum atomic E-state index is -3.49. The third-order valence-corrected chi connectivity index (χ3v) is 3.16. The predicted octanol–water partition coefficient (Wildman–Crippen LogP) is 1.73. The van der Waals surface area contributed by atoms with Crippen LogP contribution in [0.1, 0.15) is 13.8 Å². The third-order valence-electron chi connectivity index (χ3n) is 1.20. The van der Waals surface area contributed by atoms with Gasteiger partial charge in [-0.15, -0.1) is 0 Å². The van der Waals surface area contributed by atoms with Crippen LogP contribution in [0.3, 0.4) is 0 Å². The van der Waals surface area contributed by atoms with Gasteiger partial charge in [0.2, 0.25) is 5.09 Å². The predicted molar refractivity (Wildman–Crippen MR) is 51.9 cm³/mol. The Labute approximate surface area is 85.5 Å². The number of nitrogens with one attached hydrogen (secondary N) is 1. The van der Waals surface area contributed by atoms with Crippen LogP contribution in [0, 0.1) is 0 Å². The van der Waals surface area contributed by atoms with E-state index in [-0.39, 0.29) is 11.1 Å². The molecule has 13 heavy (non-hydrogen) atoms. The van der Waals surface area contributed by atoms with Crippen LogP contribution < -0.4 is 4.72 Å². The largest absolute Gasteiger partial charge is 0.437 e. The van der Waals surface area contributed by atoms with Gasteiger partial charge in [-0.05, 0) is 41.9 Å². The van der Waals surface area contributed by atoms with Gasteiger partial charge in [-0.3, -0.25) is 0 Å². The summed E-state index contributed by atoms with van der Waals surface area (Å²) in [5.41, 5.74) is 0. The molecule has 74 valence electrons. The smallest absolute Gasteiger partial charge is 0.274 e. The van der Waals surface area contributed by atoms with Crippen molar-refractivity contribution in [3.8, 4) is 0 Å². The van der Waals surface area contributed by atoms with Gasteiger partial charge < -0.3 is 4.42 Å². The van der Waals surface area contributed by atoms with E-state index in [0.717, 1.165) is 0 Å². The SMILES string of the molecule is CC(C)NS(=O)(=O)c1ccc(Br)o1. The molecule has 0 aromatic carbocycles. The molecule has 0 bridgehead atoms. The third kappa shape index (κ3) is 2.82. The van der Waals surface area contributed by atoms with E-state index in [1.807, 2.05) is 0 Å². The zero-order valence-corrected chi connectivity index (χ0v) is 9.65. The summed E-state index contributed by atoms with van der Waals surface area (Å²) in [7, 11) is -3.49. The van der Waals surface area contributed by atoms with Crippen LogP contribution in [0.4, 0.5) is 0 Å². The molecule has 0 aliphatic rings. The highest BCUT2D eigenvalue weighted by atomic mass is 79.9. The summed E-state index contributed by atoms with van der Waals surface area (Å²) in [5, 5.41) is -0.0759. The Kier molecular flexibility index (Phi) is 3.15. The van der Waals surface area contributed by atoms with Gasteiger partial charge in [-0.1, -0.05) is 0 Å². The summed E-state index contributed by atoms with van der Waals surface area (Å²) in [6.45, 7) is 3.49. The molecule has 0 unspecified atom stereocenters. The van der Waals surface area contributed by atoms with E-state index < -0.39 is 10.0 Å². The van der Waals surface area contributed by atoms with E-state index in [0.29, 0.717) is 4.67 Å². The Morgan fingerprint density at radius 2 is 2.08 bits per heavy atom. The summed E-state index contributed by atoms with van der Waals surface area (Å²) in [6, 6.07) is 2.79. The highest BCUT2D eigenvalue weighted by molar-refractivity contribution is 9.10. The van der Waals surface area contributed by atoms with Crippen LogP contribution in [0.25, 0.3) is 0 Å². The van der Waals surface area contributed by atoms with E-state index >= 15 is 0 Å². The Bertz CT molecular complexity index is 382. The molecule has 1 rings (SSSR count). The molecule has 1 heterocycles. The number of halogens is 1. The first-order valence-corrected chi connectivity index (χ1v) is 5.97. The topological polar surface area (TPSA) is 59.3 Å². The Balaban J connectivity index is 2.95. The monoisotopic (exact) mass is 267 g/mol. The van der Waals surface area contributed by atoms with E-state index in [9.17, 15) is 8.42 Å². The molecule has 0 saturated carbocycles. The Morgan fingerprint density at radius 3 is 2.46 bits per heavy atom. The van der Waals surface area contributed by atoms with Crippen molar-refractivity contribution in [1.29, 1.82) is 0 Å². The van der Waals surface area contributed by atoms with Crippen LogP contribution >= 0.6 is 15.9 Å². The van der Waals surface area contributed by atoms with Gasteiger partial charge in [0, 0.05) is 6.04 Å². The van der Waals surface area contributed by atoms with Crippen LogP contribution in [-0.4, -0.2) is 14.5 Å². The maximum atomic E-state index is 11.4. The van der Waals surface area contributed by atoms with Crippen molar-refractivity contribution in [3.63, 3.8) is 0 Å². The van der Waals surface area contributed by atoms with Crippen molar-refractivity contribution in [2.24, 2.45) is 0 Å². The van der Waals surface area contributed by atoms with Crippen molar-refractivity contribution in [3.05, 3.63) is 16.8 Å². The van der Waals surface area contributed by atoms with E-state index in [1.54, 1.807) is 13.8 Å². The summed E-state index contributed by atoms with van der Waals surface area (Å²) in [4.78, 5) is 0. The molecule has 6 heteroatoms. The quantitative estimate of drug-likeness (QED) is 0.908. The van der Waals surface area contributed by atoms with E-state index in [2.05, 4.69) is 20.7 Å². The van der Waals surface area contributed by atoms with Crippen molar-refractivity contribution in [1.82, 2.24) is 4.72 Å². The van der Waals surface area contributed by atoms with Crippen molar-refractivity contribution in [2.75, 3.05) is 0 Å². The molecule has 1 aromatic rings. The molecule has 4 nitrogen and oxygen atoms in total. The minimum Gasteiger partial charge on any atom is -0.437 e. The Morgan fingerprint density at radius 1 is 1.46 bits per heavy atom. The maximum absolute atomic E-state index is 11.4. The van der Waals surface area contributed by atoms with Gasteiger partial charge in [-0.25, -0.2) is 13.1 Å². The number of hydrogen-bond donors (Lipinski definition) is 1. The second-order valence-corrected chi connectivity index (χ2v) is 5.26. The molecule has 1 aromatic heterocycles. The summed E-state index contributed by atoms with van der Waals surface area (Å²) < 4.78 is 30.6. The lowest BCUT2D eigenvalue weighted by molar-refractivity contribution is 0.426. The molecule has 0 spiro atoms. The normalized spacial score (nSPS) is 12.3. The van der Waals surface area contributed by atoms with Gasteiger partial charge in [0.25, 0.3) is 10.0 Å². The molecule has 0 aliphatic carbocycles. The standard InChI is InChI=1S/C7H10BrNO3S/c1-5(2)9-13(10,11)7-4-3-6(8)12-7/h3-5,9H,1-2H3. The van der Waals surface area contributed by atoms with Crippen LogP contribution in [-0.2, 0) is 10.0 Å². The lowest BCUT2D eigenvalue weighted by Gasteiger charge is -2.05. The highest BCUT2D eigenvalue weighted by Crippen LogP contribution is 2.18. The zero-order valence-electron chi connectivity index (χ0n) is 7.24. The minimum absolute atomic E-state index is 0.0759. The second-order valence-electron chi connectivity index (χ2n) is 2.83. The van der Waals surface area contributed by atoms with Crippen LogP contribution in [0.15, 0.2) is 26.3 Å². The van der Waals surface area contributed by atoms with Gasteiger partial charge >= 0.3 is 0 Å². The molecule has 0 aliphatic heterocycles. The van der Waals surface area contributed by atoms with Crippen LogP contribution in [0.5, 0.6) is 0 Å². The van der Waals surface area contributed by atoms with Crippen molar-refractivity contribution < 1.29 is 12.8 Å². The van der Waals surface area contributed by atoms with Crippen molar-refractivity contribution in [2.45, 2.75) is 25.0 Å². The van der Waals surface area contributed by atoms with Gasteiger partial charge in [0.1, 0.15) is 0 Å².